The molecule has 2 rings (SSSR count). The summed E-state index contributed by atoms with van der Waals surface area (Å²) in [5, 5.41) is 0. The van der Waals surface area contributed by atoms with Gasteiger partial charge in [-0.2, -0.15) is 0 Å². The molecular weight excluding hydrogens is 174 g/mol. The summed E-state index contributed by atoms with van der Waals surface area (Å²) in [6.07, 6.45) is 5.25. The van der Waals surface area contributed by atoms with Crippen molar-refractivity contribution >= 4 is 5.78 Å². The van der Waals surface area contributed by atoms with Crippen molar-refractivity contribution in [1.29, 1.82) is 0 Å². The number of nitrogens with zero attached hydrogens (tertiary/aromatic N) is 1. The van der Waals surface area contributed by atoms with Gasteiger partial charge in [-0.25, -0.2) is 0 Å². The summed E-state index contributed by atoms with van der Waals surface area (Å²) in [5.41, 5.74) is 2.52. The summed E-state index contributed by atoms with van der Waals surface area (Å²) >= 11 is 0. The van der Waals surface area contributed by atoms with E-state index < -0.39 is 0 Å². The lowest BCUT2D eigenvalue weighted by molar-refractivity contribution is -0.116. The molecule has 0 bridgehead atoms. The van der Waals surface area contributed by atoms with Crippen LogP contribution in [0.25, 0.3) is 0 Å². The highest BCUT2D eigenvalue weighted by Gasteiger charge is 2.30. The molecule has 0 saturated heterocycles. The van der Waals surface area contributed by atoms with Crippen LogP contribution >= 0.6 is 0 Å². The van der Waals surface area contributed by atoms with Crippen molar-refractivity contribution in [3.05, 3.63) is 11.3 Å². The predicted molar refractivity (Wildman–Crippen MR) is 57.0 cm³/mol. The van der Waals surface area contributed by atoms with Crippen LogP contribution in [-0.2, 0) is 4.79 Å². The first-order valence-corrected chi connectivity index (χ1v) is 5.76. The Labute approximate surface area is 86.0 Å². The Morgan fingerprint density at radius 3 is 2.86 bits per heavy atom. The van der Waals surface area contributed by atoms with Crippen LogP contribution in [0.15, 0.2) is 11.3 Å². The van der Waals surface area contributed by atoms with E-state index in [4.69, 9.17) is 0 Å². The highest BCUT2D eigenvalue weighted by atomic mass is 16.1. The summed E-state index contributed by atoms with van der Waals surface area (Å²) in [7, 11) is 0. The van der Waals surface area contributed by atoms with E-state index in [2.05, 4.69) is 18.7 Å². The van der Waals surface area contributed by atoms with Gasteiger partial charge >= 0.3 is 0 Å². The first-order valence-electron chi connectivity index (χ1n) is 5.76. The third-order valence-electron chi connectivity index (χ3n) is 3.57. The molecular formula is C12H19NO. The largest absolute Gasteiger partial charge is 0.371 e. The number of hydrogen-bond acceptors (Lipinski definition) is 2. The van der Waals surface area contributed by atoms with Crippen LogP contribution in [-0.4, -0.2) is 23.3 Å². The van der Waals surface area contributed by atoms with Crippen molar-refractivity contribution in [2.24, 2.45) is 0 Å². The van der Waals surface area contributed by atoms with Crippen molar-refractivity contribution < 1.29 is 4.79 Å². The molecule has 78 valence electrons. The van der Waals surface area contributed by atoms with E-state index in [1.54, 1.807) is 0 Å². The van der Waals surface area contributed by atoms with Gasteiger partial charge in [-0.3, -0.25) is 4.79 Å². The van der Waals surface area contributed by atoms with Crippen molar-refractivity contribution in [2.45, 2.75) is 52.0 Å². The zero-order valence-corrected chi connectivity index (χ0v) is 9.18. The molecule has 0 fully saturated rings. The molecule has 0 aromatic carbocycles. The Balaban J connectivity index is 2.24. The van der Waals surface area contributed by atoms with E-state index in [1.807, 2.05) is 0 Å². The molecule has 1 aliphatic carbocycles. The van der Waals surface area contributed by atoms with Crippen molar-refractivity contribution in [3.8, 4) is 0 Å². The number of rotatable bonds is 2. The molecule has 2 aliphatic rings. The second-order valence-electron chi connectivity index (χ2n) is 4.40. The fraction of sp³-hybridized carbons (Fsp3) is 0.750. The number of hydrogen-bond donors (Lipinski definition) is 0. The average molecular weight is 193 g/mol. The highest BCUT2D eigenvalue weighted by molar-refractivity contribution is 5.97. The summed E-state index contributed by atoms with van der Waals surface area (Å²) in [6.45, 7) is 5.43. The molecule has 0 radical (unpaired) electrons. The van der Waals surface area contributed by atoms with Crippen LogP contribution in [0.4, 0.5) is 0 Å². The average Bonchev–Trinajstić information content (AvgIpc) is 2.67. The van der Waals surface area contributed by atoms with Crippen molar-refractivity contribution in [2.75, 3.05) is 6.54 Å². The summed E-state index contributed by atoms with van der Waals surface area (Å²) in [6, 6.07) is 0.603. The van der Waals surface area contributed by atoms with Gasteiger partial charge < -0.3 is 4.90 Å². The Bertz CT molecular complexity index is 280. The zero-order chi connectivity index (χ0) is 10.1. The van der Waals surface area contributed by atoms with E-state index in [9.17, 15) is 4.79 Å². The lowest BCUT2D eigenvalue weighted by Crippen LogP contribution is -2.37. The first-order chi connectivity index (χ1) is 6.74. The van der Waals surface area contributed by atoms with Crippen LogP contribution in [0, 0.1) is 0 Å². The highest BCUT2D eigenvalue weighted by Crippen LogP contribution is 2.34. The second kappa shape index (κ2) is 3.76. The maximum absolute atomic E-state index is 11.6. The Hall–Kier alpha value is -0.790. The molecule has 0 N–H and O–H groups in total. The standard InChI is InChI=1S/C12H19NO/c1-3-9(2)13-8-7-12(14)10-5-4-6-11(10)13/h9H,3-8H2,1-2H3. The predicted octanol–water partition coefficient (Wildman–Crippen LogP) is 2.50. The number of Topliss-reactive ketones (excluding diaryl/α,β-unsaturated/α-hetero) is 1. The van der Waals surface area contributed by atoms with Crippen molar-refractivity contribution in [1.82, 2.24) is 4.90 Å². The van der Waals surface area contributed by atoms with Gasteiger partial charge in [-0.1, -0.05) is 6.92 Å². The minimum atomic E-state index is 0.414. The van der Waals surface area contributed by atoms with E-state index in [0.29, 0.717) is 11.8 Å². The lowest BCUT2D eigenvalue weighted by Gasteiger charge is -2.35. The third-order valence-corrected chi connectivity index (χ3v) is 3.57. The summed E-state index contributed by atoms with van der Waals surface area (Å²) in [5.74, 6) is 0.414. The fourth-order valence-electron chi connectivity index (χ4n) is 2.56. The fourth-order valence-corrected chi connectivity index (χ4v) is 2.56. The Morgan fingerprint density at radius 1 is 1.36 bits per heavy atom. The van der Waals surface area contributed by atoms with Crippen LogP contribution in [0.2, 0.25) is 0 Å². The smallest absolute Gasteiger partial charge is 0.162 e. The maximum atomic E-state index is 11.6. The van der Waals surface area contributed by atoms with Gasteiger partial charge in [0.25, 0.3) is 0 Å². The van der Waals surface area contributed by atoms with Gasteiger partial charge in [0, 0.05) is 30.3 Å². The normalized spacial score (nSPS) is 24.1. The molecule has 1 unspecified atom stereocenters. The second-order valence-corrected chi connectivity index (χ2v) is 4.40. The Morgan fingerprint density at radius 2 is 2.14 bits per heavy atom. The zero-order valence-electron chi connectivity index (χ0n) is 9.18. The minimum Gasteiger partial charge on any atom is -0.371 e. The topological polar surface area (TPSA) is 20.3 Å². The molecule has 0 aromatic rings. The van der Waals surface area contributed by atoms with E-state index in [0.717, 1.165) is 31.4 Å². The SMILES string of the molecule is CCC(C)N1CCC(=O)C2=C1CCC2. The maximum Gasteiger partial charge on any atom is 0.162 e. The minimum absolute atomic E-state index is 0.414. The van der Waals surface area contributed by atoms with Gasteiger partial charge in [-0.05, 0) is 32.6 Å². The van der Waals surface area contributed by atoms with Crippen LogP contribution in [0.1, 0.15) is 46.0 Å². The summed E-state index contributed by atoms with van der Waals surface area (Å²) in [4.78, 5) is 14.1. The molecule has 1 atom stereocenters. The molecule has 1 heterocycles. The molecule has 0 spiro atoms. The van der Waals surface area contributed by atoms with Crippen LogP contribution in [0.5, 0.6) is 0 Å². The summed E-state index contributed by atoms with van der Waals surface area (Å²) < 4.78 is 0. The lowest BCUT2D eigenvalue weighted by atomic mass is 10.0. The monoisotopic (exact) mass is 193 g/mol. The number of allylic oxidation sites excluding steroid dienone is 2. The van der Waals surface area contributed by atoms with Gasteiger partial charge in [0.05, 0.1) is 0 Å². The van der Waals surface area contributed by atoms with Crippen molar-refractivity contribution in [3.63, 3.8) is 0 Å². The van der Waals surface area contributed by atoms with Gasteiger partial charge in [0.2, 0.25) is 0 Å². The quantitative estimate of drug-likeness (QED) is 0.671. The molecule has 2 heteroatoms. The van der Waals surface area contributed by atoms with E-state index in [-0.39, 0.29) is 0 Å². The number of carbonyl (C=O) groups is 1. The molecule has 0 amide bonds. The molecule has 14 heavy (non-hydrogen) atoms. The van der Waals surface area contributed by atoms with E-state index in [1.165, 1.54) is 18.5 Å². The third kappa shape index (κ3) is 1.47. The number of ketones is 1. The van der Waals surface area contributed by atoms with E-state index >= 15 is 0 Å². The van der Waals surface area contributed by atoms with Crippen LogP contribution < -0.4 is 0 Å². The van der Waals surface area contributed by atoms with Gasteiger partial charge in [0.1, 0.15) is 0 Å². The number of carbonyl (C=O) groups excluding carboxylic acids is 1. The van der Waals surface area contributed by atoms with Gasteiger partial charge in [-0.15, -0.1) is 0 Å². The first kappa shape index (κ1) is 9.75. The molecule has 1 aliphatic heterocycles. The van der Waals surface area contributed by atoms with Crippen LogP contribution in [0.3, 0.4) is 0 Å². The molecule has 2 nitrogen and oxygen atoms in total. The van der Waals surface area contributed by atoms with Gasteiger partial charge in [0.15, 0.2) is 5.78 Å². The Kier molecular flexibility index (Phi) is 2.62. The molecule has 0 saturated carbocycles. The molecule has 0 aromatic heterocycles.